The summed E-state index contributed by atoms with van der Waals surface area (Å²) in [6.45, 7) is 8.38. The van der Waals surface area contributed by atoms with Crippen LogP contribution in [0.3, 0.4) is 0 Å². The fourth-order valence-corrected chi connectivity index (χ4v) is 1.57. The van der Waals surface area contributed by atoms with E-state index in [1.807, 2.05) is 39.0 Å². The Labute approximate surface area is 115 Å². The SMILES string of the molecule is COc1ccc(C)cc1NC(=O)C(C)OCC(C)C. The van der Waals surface area contributed by atoms with Crippen molar-refractivity contribution in [2.24, 2.45) is 5.92 Å². The van der Waals surface area contributed by atoms with E-state index in [9.17, 15) is 4.79 Å². The second-order valence-corrected chi connectivity index (χ2v) is 5.06. The van der Waals surface area contributed by atoms with Crippen LogP contribution in [0.1, 0.15) is 26.3 Å². The molecule has 0 aliphatic heterocycles. The normalized spacial score (nSPS) is 12.3. The molecule has 0 heterocycles. The van der Waals surface area contributed by atoms with Gasteiger partial charge in [-0.3, -0.25) is 4.79 Å². The van der Waals surface area contributed by atoms with Gasteiger partial charge in [0.25, 0.3) is 5.91 Å². The highest BCUT2D eigenvalue weighted by Gasteiger charge is 2.16. The summed E-state index contributed by atoms with van der Waals surface area (Å²) in [6, 6.07) is 5.66. The average Bonchev–Trinajstić information content (AvgIpc) is 2.36. The fourth-order valence-electron chi connectivity index (χ4n) is 1.57. The van der Waals surface area contributed by atoms with Gasteiger partial charge in [-0.15, -0.1) is 0 Å². The zero-order valence-electron chi connectivity index (χ0n) is 12.3. The highest BCUT2D eigenvalue weighted by atomic mass is 16.5. The minimum atomic E-state index is -0.479. The van der Waals surface area contributed by atoms with Crippen LogP contribution in [-0.2, 0) is 9.53 Å². The number of hydrogen-bond acceptors (Lipinski definition) is 3. The van der Waals surface area contributed by atoms with E-state index >= 15 is 0 Å². The van der Waals surface area contributed by atoms with Crippen LogP contribution in [-0.4, -0.2) is 25.7 Å². The third-order valence-corrected chi connectivity index (χ3v) is 2.66. The molecule has 0 aliphatic rings. The Morgan fingerprint density at radius 2 is 2.00 bits per heavy atom. The van der Waals surface area contributed by atoms with Crippen molar-refractivity contribution < 1.29 is 14.3 Å². The van der Waals surface area contributed by atoms with Gasteiger partial charge in [-0.1, -0.05) is 19.9 Å². The molecule has 0 fully saturated rings. The number of carbonyl (C=O) groups is 1. The van der Waals surface area contributed by atoms with Gasteiger partial charge in [-0.25, -0.2) is 0 Å². The van der Waals surface area contributed by atoms with Crippen LogP contribution in [0.4, 0.5) is 5.69 Å². The summed E-state index contributed by atoms with van der Waals surface area (Å²) < 4.78 is 10.7. The lowest BCUT2D eigenvalue weighted by molar-refractivity contribution is -0.126. The molecule has 19 heavy (non-hydrogen) atoms. The highest BCUT2D eigenvalue weighted by Crippen LogP contribution is 2.25. The van der Waals surface area contributed by atoms with Crippen LogP contribution in [0, 0.1) is 12.8 Å². The number of methoxy groups -OCH3 is 1. The first-order chi connectivity index (χ1) is 8.93. The van der Waals surface area contributed by atoms with Crippen molar-refractivity contribution in [1.29, 1.82) is 0 Å². The van der Waals surface area contributed by atoms with E-state index in [1.54, 1.807) is 14.0 Å². The fraction of sp³-hybridized carbons (Fsp3) is 0.533. The summed E-state index contributed by atoms with van der Waals surface area (Å²) in [5, 5.41) is 2.84. The molecule has 0 aromatic heterocycles. The molecule has 0 saturated carbocycles. The molecule has 4 heteroatoms. The Hall–Kier alpha value is -1.55. The van der Waals surface area contributed by atoms with E-state index in [0.717, 1.165) is 5.56 Å². The molecule has 1 amide bonds. The van der Waals surface area contributed by atoms with E-state index in [2.05, 4.69) is 5.32 Å². The molecule has 1 unspecified atom stereocenters. The number of amides is 1. The highest BCUT2D eigenvalue weighted by molar-refractivity contribution is 5.95. The molecule has 1 aromatic rings. The van der Waals surface area contributed by atoms with Crippen LogP contribution in [0.2, 0.25) is 0 Å². The molecular weight excluding hydrogens is 242 g/mol. The lowest BCUT2D eigenvalue weighted by Gasteiger charge is -2.16. The first kappa shape index (κ1) is 15.5. The predicted molar refractivity (Wildman–Crippen MR) is 76.6 cm³/mol. The lowest BCUT2D eigenvalue weighted by atomic mass is 10.2. The van der Waals surface area contributed by atoms with E-state index in [0.29, 0.717) is 24.0 Å². The van der Waals surface area contributed by atoms with Crippen LogP contribution >= 0.6 is 0 Å². The predicted octanol–water partition coefficient (Wildman–Crippen LogP) is 3.00. The molecular formula is C15H23NO3. The van der Waals surface area contributed by atoms with Crippen molar-refractivity contribution in [3.05, 3.63) is 23.8 Å². The van der Waals surface area contributed by atoms with Crippen LogP contribution in [0.25, 0.3) is 0 Å². The van der Waals surface area contributed by atoms with Gasteiger partial charge in [0.1, 0.15) is 11.9 Å². The van der Waals surface area contributed by atoms with Gasteiger partial charge in [-0.2, -0.15) is 0 Å². The summed E-state index contributed by atoms with van der Waals surface area (Å²) in [7, 11) is 1.58. The van der Waals surface area contributed by atoms with E-state index in [-0.39, 0.29) is 5.91 Å². The maximum absolute atomic E-state index is 12.0. The van der Waals surface area contributed by atoms with Gasteiger partial charge in [0, 0.05) is 6.61 Å². The molecule has 0 saturated heterocycles. The number of benzene rings is 1. The lowest BCUT2D eigenvalue weighted by Crippen LogP contribution is -2.29. The average molecular weight is 265 g/mol. The number of ether oxygens (including phenoxy) is 2. The van der Waals surface area contributed by atoms with Crippen molar-refractivity contribution in [1.82, 2.24) is 0 Å². The van der Waals surface area contributed by atoms with E-state index in [1.165, 1.54) is 0 Å². The zero-order chi connectivity index (χ0) is 14.4. The third kappa shape index (κ3) is 4.91. The molecule has 1 rings (SSSR count). The van der Waals surface area contributed by atoms with Crippen molar-refractivity contribution in [3.8, 4) is 5.75 Å². The first-order valence-electron chi connectivity index (χ1n) is 6.51. The summed E-state index contributed by atoms with van der Waals surface area (Å²) >= 11 is 0. The smallest absolute Gasteiger partial charge is 0.253 e. The van der Waals surface area contributed by atoms with Crippen LogP contribution in [0.5, 0.6) is 5.75 Å². The molecule has 0 aliphatic carbocycles. The van der Waals surface area contributed by atoms with Gasteiger partial charge in [-0.05, 0) is 37.5 Å². The zero-order valence-corrected chi connectivity index (χ0v) is 12.3. The van der Waals surface area contributed by atoms with Gasteiger partial charge in [0.05, 0.1) is 12.8 Å². The van der Waals surface area contributed by atoms with Crippen molar-refractivity contribution in [3.63, 3.8) is 0 Å². The number of anilines is 1. The summed E-state index contributed by atoms with van der Waals surface area (Å²) in [5.74, 6) is 0.892. The topological polar surface area (TPSA) is 47.6 Å². The van der Waals surface area contributed by atoms with Gasteiger partial charge < -0.3 is 14.8 Å². The minimum absolute atomic E-state index is 0.162. The monoisotopic (exact) mass is 265 g/mol. The number of aryl methyl sites for hydroxylation is 1. The maximum atomic E-state index is 12.0. The molecule has 1 aromatic carbocycles. The Morgan fingerprint density at radius 1 is 1.32 bits per heavy atom. The molecule has 106 valence electrons. The standard InChI is InChI=1S/C15H23NO3/c1-10(2)9-19-12(4)15(17)16-13-8-11(3)6-7-14(13)18-5/h6-8,10,12H,9H2,1-5H3,(H,16,17). The van der Waals surface area contributed by atoms with E-state index in [4.69, 9.17) is 9.47 Å². The Bertz CT molecular complexity index is 429. The second kappa shape index (κ2) is 7.14. The first-order valence-corrected chi connectivity index (χ1v) is 6.51. The molecule has 4 nitrogen and oxygen atoms in total. The quantitative estimate of drug-likeness (QED) is 0.860. The Balaban J connectivity index is 2.68. The summed E-state index contributed by atoms with van der Waals surface area (Å²) in [4.78, 5) is 12.0. The molecule has 0 spiro atoms. The Morgan fingerprint density at radius 3 is 2.58 bits per heavy atom. The molecule has 1 N–H and O–H groups in total. The maximum Gasteiger partial charge on any atom is 0.253 e. The summed E-state index contributed by atoms with van der Waals surface area (Å²) in [6.07, 6.45) is -0.479. The number of nitrogens with one attached hydrogen (secondary N) is 1. The van der Waals surface area contributed by atoms with E-state index < -0.39 is 6.10 Å². The molecule has 1 atom stereocenters. The van der Waals surface area contributed by atoms with Crippen molar-refractivity contribution in [2.75, 3.05) is 19.0 Å². The van der Waals surface area contributed by atoms with Crippen LogP contribution < -0.4 is 10.1 Å². The van der Waals surface area contributed by atoms with Crippen molar-refractivity contribution >= 4 is 11.6 Å². The summed E-state index contributed by atoms with van der Waals surface area (Å²) in [5.41, 5.74) is 1.74. The number of hydrogen-bond donors (Lipinski definition) is 1. The van der Waals surface area contributed by atoms with Crippen LogP contribution in [0.15, 0.2) is 18.2 Å². The largest absolute Gasteiger partial charge is 0.495 e. The third-order valence-electron chi connectivity index (χ3n) is 2.66. The van der Waals surface area contributed by atoms with Gasteiger partial charge in [0.15, 0.2) is 0 Å². The minimum Gasteiger partial charge on any atom is -0.495 e. The molecule has 0 radical (unpaired) electrons. The Kier molecular flexibility index (Phi) is 5.83. The molecule has 0 bridgehead atoms. The van der Waals surface area contributed by atoms with Crippen molar-refractivity contribution in [2.45, 2.75) is 33.8 Å². The number of rotatable bonds is 6. The van der Waals surface area contributed by atoms with Gasteiger partial charge in [0.2, 0.25) is 0 Å². The number of carbonyl (C=O) groups excluding carboxylic acids is 1. The van der Waals surface area contributed by atoms with Gasteiger partial charge >= 0.3 is 0 Å². The second-order valence-electron chi connectivity index (χ2n) is 5.06.